The Kier molecular flexibility index (Phi) is 2.30. The Bertz CT molecular complexity index is 722. The average molecular weight is 242 g/mol. The van der Waals surface area contributed by atoms with E-state index in [1.807, 2.05) is 47.2 Å². The maximum Gasteiger partial charge on any atom is 0.419 e. The molecule has 0 aliphatic rings. The van der Waals surface area contributed by atoms with Crippen molar-refractivity contribution in [2.75, 3.05) is 0 Å². The molecule has 3 rings (SSSR count). The predicted octanol–water partition coefficient (Wildman–Crippen LogP) is 2.13. The molecule has 2 heterocycles. The van der Waals surface area contributed by atoms with Crippen LogP contribution in [0.2, 0.25) is 0 Å². The number of hydrogen-bond acceptors (Lipinski definition) is 3. The van der Waals surface area contributed by atoms with Crippen LogP contribution in [0.3, 0.4) is 0 Å². The van der Waals surface area contributed by atoms with Crippen molar-refractivity contribution in [2.45, 2.75) is 0 Å². The first-order valence-electron chi connectivity index (χ1n) is 5.41. The molecule has 0 atom stereocenters. The van der Waals surface area contributed by atoms with E-state index in [0.29, 0.717) is 5.69 Å². The summed E-state index contributed by atoms with van der Waals surface area (Å²) in [4.78, 5) is 13.3. The van der Waals surface area contributed by atoms with Gasteiger partial charge in [-0.2, -0.15) is 0 Å². The van der Waals surface area contributed by atoms with Gasteiger partial charge in [0.2, 0.25) is 11.6 Å². The summed E-state index contributed by atoms with van der Waals surface area (Å²) >= 11 is 0. The lowest BCUT2D eigenvalue weighted by Crippen LogP contribution is -1.95. The number of benzene rings is 1. The monoisotopic (exact) mass is 242 g/mol. The SMILES string of the molecule is O=c1[nH]c(O)c(-c2cccn2-c2ccccc2)o1. The number of para-hydroxylation sites is 1. The molecule has 0 saturated carbocycles. The molecule has 0 bridgehead atoms. The number of rotatable bonds is 2. The van der Waals surface area contributed by atoms with Crippen LogP contribution < -0.4 is 5.76 Å². The number of oxazole rings is 1. The zero-order valence-electron chi connectivity index (χ0n) is 9.33. The average Bonchev–Trinajstić information content (AvgIpc) is 2.96. The Morgan fingerprint density at radius 1 is 1.11 bits per heavy atom. The fourth-order valence-electron chi connectivity index (χ4n) is 1.87. The van der Waals surface area contributed by atoms with Crippen molar-refractivity contribution in [3.05, 3.63) is 59.2 Å². The third-order valence-corrected chi connectivity index (χ3v) is 2.65. The summed E-state index contributed by atoms with van der Waals surface area (Å²) < 4.78 is 6.76. The van der Waals surface area contributed by atoms with E-state index in [9.17, 15) is 9.90 Å². The van der Waals surface area contributed by atoms with Crippen LogP contribution in [0.1, 0.15) is 0 Å². The van der Waals surface area contributed by atoms with E-state index in [4.69, 9.17) is 4.42 Å². The molecule has 0 spiro atoms. The van der Waals surface area contributed by atoms with Crippen molar-refractivity contribution < 1.29 is 9.52 Å². The molecular weight excluding hydrogens is 232 g/mol. The van der Waals surface area contributed by atoms with Crippen molar-refractivity contribution in [2.24, 2.45) is 0 Å². The Balaban J connectivity index is 2.19. The first-order chi connectivity index (χ1) is 8.75. The lowest BCUT2D eigenvalue weighted by atomic mass is 10.3. The summed E-state index contributed by atoms with van der Waals surface area (Å²) in [5.74, 6) is -0.812. The first kappa shape index (κ1) is 10.5. The molecule has 5 heteroatoms. The normalized spacial score (nSPS) is 10.7. The van der Waals surface area contributed by atoms with Crippen LogP contribution >= 0.6 is 0 Å². The summed E-state index contributed by atoms with van der Waals surface area (Å²) in [6, 6.07) is 13.2. The van der Waals surface area contributed by atoms with E-state index in [2.05, 4.69) is 4.98 Å². The highest BCUT2D eigenvalue weighted by molar-refractivity contribution is 5.61. The van der Waals surface area contributed by atoms with Gasteiger partial charge in [0.15, 0.2) is 0 Å². The van der Waals surface area contributed by atoms with Crippen LogP contribution in [0, 0.1) is 0 Å². The summed E-state index contributed by atoms with van der Waals surface area (Å²) in [6.45, 7) is 0. The number of aromatic nitrogens is 2. The van der Waals surface area contributed by atoms with Crippen molar-refractivity contribution in [3.8, 4) is 23.0 Å². The van der Waals surface area contributed by atoms with Crippen LogP contribution in [0.5, 0.6) is 5.88 Å². The Labute approximate surface area is 102 Å². The minimum atomic E-state index is -0.677. The van der Waals surface area contributed by atoms with Crippen molar-refractivity contribution in [1.29, 1.82) is 0 Å². The zero-order valence-corrected chi connectivity index (χ0v) is 9.33. The number of aromatic hydroxyl groups is 1. The fourth-order valence-corrected chi connectivity index (χ4v) is 1.87. The van der Waals surface area contributed by atoms with E-state index in [1.165, 1.54) is 0 Å². The molecule has 0 fully saturated rings. The van der Waals surface area contributed by atoms with Gasteiger partial charge in [-0.3, -0.25) is 4.98 Å². The summed E-state index contributed by atoms with van der Waals surface area (Å²) in [5.41, 5.74) is 1.53. The minimum absolute atomic E-state index is 0.133. The van der Waals surface area contributed by atoms with Gasteiger partial charge < -0.3 is 14.1 Å². The van der Waals surface area contributed by atoms with Gasteiger partial charge in [0.1, 0.15) is 0 Å². The number of nitrogens with one attached hydrogen (secondary N) is 1. The van der Waals surface area contributed by atoms with E-state index < -0.39 is 5.76 Å². The number of hydrogen-bond donors (Lipinski definition) is 2. The van der Waals surface area contributed by atoms with Crippen LogP contribution in [-0.4, -0.2) is 14.7 Å². The molecule has 3 aromatic rings. The number of aromatic amines is 1. The van der Waals surface area contributed by atoms with Gasteiger partial charge in [0, 0.05) is 11.9 Å². The van der Waals surface area contributed by atoms with E-state index >= 15 is 0 Å². The first-order valence-corrected chi connectivity index (χ1v) is 5.41. The molecule has 0 aliphatic heterocycles. The van der Waals surface area contributed by atoms with Crippen molar-refractivity contribution in [3.63, 3.8) is 0 Å². The lowest BCUT2D eigenvalue weighted by Gasteiger charge is -2.06. The van der Waals surface area contributed by atoms with Gasteiger partial charge in [-0.05, 0) is 24.3 Å². The second kappa shape index (κ2) is 3.96. The van der Waals surface area contributed by atoms with Crippen molar-refractivity contribution >= 4 is 0 Å². The second-order valence-corrected chi connectivity index (χ2v) is 3.79. The van der Waals surface area contributed by atoms with Gasteiger partial charge >= 0.3 is 5.76 Å². The minimum Gasteiger partial charge on any atom is -0.492 e. The molecule has 0 aliphatic carbocycles. The lowest BCUT2D eigenvalue weighted by molar-refractivity contribution is 0.452. The third-order valence-electron chi connectivity index (χ3n) is 2.65. The molecule has 1 aromatic carbocycles. The van der Waals surface area contributed by atoms with E-state index in [-0.39, 0.29) is 11.6 Å². The fraction of sp³-hybridized carbons (Fsp3) is 0. The van der Waals surface area contributed by atoms with Crippen LogP contribution in [0.15, 0.2) is 57.9 Å². The summed E-state index contributed by atoms with van der Waals surface area (Å²) in [5, 5.41) is 9.61. The predicted molar refractivity (Wildman–Crippen MR) is 65.8 cm³/mol. The van der Waals surface area contributed by atoms with Crippen molar-refractivity contribution in [1.82, 2.24) is 9.55 Å². The molecule has 0 unspecified atom stereocenters. The Morgan fingerprint density at radius 3 is 2.56 bits per heavy atom. The summed E-state index contributed by atoms with van der Waals surface area (Å²) in [7, 11) is 0. The van der Waals surface area contributed by atoms with Gasteiger partial charge in [0.05, 0.1) is 5.69 Å². The van der Waals surface area contributed by atoms with E-state index in [1.54, 1.807) is 6.07 Å². The van der Waals surface area contributed by atoms with E-state index in [0.717, 1.165) is 5.69 Å². The molecular formula is C13H10N2O3. The smallest absolute Gasteiger partial charge is 0.419 e. The molecule has 2 aromatic heterocycles. The Morgan fingerprint density at radius 2 is 1.89 bits per heavy atom. The van der Waals surface area contributed by atoms with Gasteiger partial charge in [-0.1, -0.05) is 18.2 Å². The largest absolute Gasteiger partial charge is 0.492 e. The molecule has 0 saturated heterocycles. The topological polar surface area (TPSA) is 71.2 Å². The molecule has 18 heavy (non-hydrogen) atoms. The van der Waals surface area contributed by atoms with Gasteiger partial charge in [0.25, 0.3) is 0 Å². The quantitative estimate of drug-likeness (QED) is 0.723. The highest BCUT2D eigenvalue weighted by Gasteiger charge is 2.15. The molecule has 0 amide bonds. The zero-order chi connectivity index (χ0) is 12.5. The van der Waals surface area contributed by atoms with Crippen LogP contribution in [-0.2, 0) is 0 Å². The molecule has 90 valence electrons. The third kappa shape index (κ3) is 1.62. The maximum absolute atomic E-state index is 11.1. The standard InChI is InChI=1S/C13H10N2O3/c16-12-11(18-13(17)14-12)10-7-4-8-15(10)9-5-2-1-3-6-9/h1-8,16H,(H,14,17). The highest BCUT2D eigenvalue weighted by atomic mass is 16.4. The Hall–Kier alpha value is -2.69. The second-order valence-electron chi connectivity index (χ2n) is 3.79. The van der Waals surface area contributed by atoms with Crippen LogP contribution in [0.25, 0.3) is 17.1 Å². The number of nitrogens with zero attached hydrogens (tertiary/aromatic N) is 1. The van der Waals surface area contributed by atoms with Gasteiger partial charge in [-0.25, -0.2) is 4.79 Å². The maximum atomic E-state index is 11.1. The highest BCUT2D eigenvalue weighted by Crippen LogP contribution is 2.28. The molecule has 2 N–H and O–H groups in total. The van der Waals surface area contributed by atoms with Crippen LogP contribution in [0.4, 0.5) is 0 Å². The summed E-state index contributed by atoms with van der Waals surface area (Å²) in [6.07, 6.45) is 1.83. The van der Waals surface area contributed by atoms with Gasteiger partial charge in [-0.15, -0.1) is 0 Å². The number of H-pyrrole nitrogens is 1. The molecule has 5 nitrogen and oxygen atoms in total. The molecule has 0 radical (unpaired) electrons.